The minimum Gasteiger partial charge on any atom is -0.481 e. The number of terminal acetylenes is 1. The Morgan fingerprint density at radius 1 is 0.439 bits per heavy atom. The van der Waals surface area contributed by atoms with Crippen LogP contribution in [0.5, 0.6) is 0 Å². The van der Waals surface area contributed by atoms with E-state index in [-0.39, 0.29) is 85.1 Å². The lowest BCUT2D eigenvalue weighted by Crippen LogP contribution is -2.48. The van der Waals surface area contributed by atoms with Crippen molar-refractivity contribution in [2.75, 3.05) is 28.4 Å². The molecule has 82 heavy (non-hydrogen) atoms. The predicted octanol–water partition coefficient (Wildman–Crippen LogP) is 8.97. The van der Waals surface area contributed by atoms with Gasteiger partial charge < -0.3 is 75.1 Å². The second kappa shape index (κ2) is 44.3. The molecule has 0 radical (unpaired) electrons. The van der Waals surface area contributed by atoms with E-state index in [0.29, 0.717) is 5.92 Å². The number of halogens is 1. The molecule has 0 fully saturated rings. The second-order valence-corrected chi connectivity index (χ2v) is 23.7. The Bertz CT molecular complexity index is 1910. The zero-order valence-corrected chi connectivity index (χ0v) is 55.4. The van der Waals surface area contributed by atoms with E-state index < -0.39 is 76.1 Å². The van der Waals surface area contributed by atoms with Crippen molar-refractivity contribution in [1.29, 1.82) is 0 Å². The number of aliphatic carboxylic acids is 2. The van der Waals surface area contributed by atoms with Gasteiger partial charge in [-0.05, 0) is 158 Å². The molecule has 0 aliphatic rings. The van der Waals surface area contributed by atoms with E-state index in [2.05, 4.69) is 53.1 Å². The maximum Gasteiger partial charge on any atom is 0.407 e. The number of hydrogen-bond donors (Lipinski definition) is 7. The minimum absolute atomic E-state index is 0. The zero-order valence-electron chi connectivity index (χ0n) is 54.5. The number of rotatable bonds is 16. The number of carbonyl (C=O) groups is 10. The average molecular weight is 1210 g/mol. The number of ether oxygens (including phenoxy) is 8. The van der Waals surface area contributed by atoms with Crippen molar-refractivity contribution in [2.45, 2.75) is 238 Å². The molecule has 25 nitrogen and oxygen atoms in total. The Labute approximate surface area is 496 Å². The number of esters is 4. The molecule has 6 atom stereocenters. The van der Waals surface area contributed by atoms with Crippen LogP contribution in [0.4, 0.5) is 19.2 Å². The highest BCUT2D eigenvalue weighted by Gasteiger charge is 2.37. The summed E-state index contributed by atoms with van der Waals surface area (Å²) in [6.45, 7) is 42.6. The first kappa shape index (κ1) is 92.2. The molecule has 0 spiro atoms. The van der Waals surface area contributed by atoms with Crippen molar-refractivity contribution in [1.82, 2.24) is 21.3 Å². The Morgan fingerprint density at radius 3 is 0.963 bits per heavy atom. The largest absolute Gasteiger partial charge is 0.481 e. The molecule has 0 aromatic carbocycles. The lowest BCUT2D eigenvalue weighted by molar-refractivity contribution is -0.153. The summed E-state index contributed by atoms with van der Waals surface area (Å²) in [5.41, 5.74) is 1.77. The summed E-state index contributed by atoms with van der Waals surface area (Å²) in [5.74, 6) is -3.10. The summed E-state index contributed by atoms with van der Waals surface area (Å²) in [6.07, 6.45) is 5.89. The molecule has 0 aromatic heterocycles. The summed E-state index contributed by atoms with van der Waals surface area (Å²) >= 11 is 0. The highest BCUT2D eigenvalue weighted by atomic mass is 35.5. The Kier molecular flexibility index (Phi) is 49.8. The number of hydrogen-bond acceptors (Lipinski definition) is 19. The van der Waals surface area contributed by atoms with Gasteiger partial charge in [0.1, 0.15) is 22.4 Å². The van der Waals surface area contributed by atoms with E-state index in [1.165, 1.54) is 28.4 Å². The van der Waals surface area contributed by atoms with Gasteiger partial charge in [0.05, 0.1) is 64.4 Å². The first-order valence-electron chi connectivity index (χ1n) is 26.0. The van der Waals surface area contributed by atoms with E-state index in [0.717, 1.165) is 0 Å². The fraction of sp³-hybridized carbons (Fsp3) is 0.786. The van der Waals surface area contributed by atoms with Crippen LogP contribution in [-0.2, 0) is 66.7 Å². The third-order valence-corrected chi connectivity index (χ3v) is 9.95. The molecule has 0 bridgehead atoms. The fourth-order valence-corrected chi connectivity index (χ4v) is 4.60. The molecule has 0 rings (SSSR count). The lowest BCUT2D eigenvalue weighted by atomic mass is 9.81. The molecule has 0 saturated carbocycles. The lowest BCUT2D eigenvalue weighted by Gasteiger charge is -2.30. The van der Waals surface area contributed by atoms with Gasteiger partial charge in [0.2, 0.25) is 0 Å². The quantitative estimate of drug-likeness (QED) is 0.0430. The monoisotopic (exact) mass is 1210 g/mol. The highest BCUT2D eigenvalue weighted by Crippen LogP contribution is 2.27. The number of nitrogens with two attached hydrogens (primary N) is 1. The van der Waals surface area contributed by atoms with E-state index in [9.17, 15) is 47.9 Å². The molecule has 0 aromatic rings. The summed E-state index contributed by atoms with van der Waals surface area (Å²) in [5, 5.41) is 26.6. The van der Waals surface area contributed by atoms with Crippen LogP contribution in [0, 0.1) is 35.5 Å². The van der Waals surface area contributed by atoms with Gasteiger partial charge >= 0.3 is 60.2 Å². The average Bonchev–Trinajstić information content (AvgIpc) is 3.25. The summed E-state index contributed by atoms with van der Waals surface area (Å²) in [7, 11) is 5.37. The van der Waals surface area contributed by atoms with Gasteiger partial charge in [0.25, 0.3) is 0 Å². The molecule has 0 aliphatic carbocycles. The van der Waals surface area contributed by atoms with Crippen LogP contribution in [0.2, 0.25) is 0 Å². The standard InChI is InChI=1S/C12H23NO4.C11H21NO4.C10H19NO4.C9H17NO4.C8H16O2.C4H9NO2.C2H2.ClH/c1-8(12(5,6)9(14)16-7)13-10(15)17-11(2,3)4;1-7(9(13)15-6)8(2)12-10(14)16-11(3,4)5;1-7(6-8(12)14-5)11-9(13)15-10(2,3)4;1-6(5-7(11)12)10-8(13)14-9(2,3)4;1-6(2)8(3,4)7(9)10-5;1-3(5)2-4(6)7;1-2;/h8H,1-7H3,(H,13,15);7-8H,1-6H3,(H,12,14);7H,6H2,1-5H3,(H,11,13);6H,5H2,1-4H3,(H,10,13)(H,11,12);6H,1-5H3;3H,2,5H2,1H3,(H,6,7);1-2H;1H. The van der Waals surface area contributed by atoms with Crippen LogP contribution in [0.1, 0.15) is 185 Å². The molecule has 4 amide bonds. The van der Waals surface area contributed by atoms with Crippen molar-refractivity contribution in [3.63, 3.8) is 0 Å². The minimum atomic E-state index is -0.950. The normalized spacial score (nSPS) is 13.0. The summed E-state index contributed by atoms with van der Waals surface area (Å²) in [4.78, 5) is 110. The van der Waals surface area contributed by atoms with Crippen molar-refractivity contribution >= 4 is 72.6 Å². The Hall–Kier alpha value is -6.29. The van der Waals surface area contributed by atoms with Crippen LogP contribution in [0.25, 0.3) is 0 Å². The van der Waals surface area contributed by atoms with Gasteiger partial charge in [-0.1, -0.05) is 13.8 Å². The van der Waals surface area contributed by atoms with Gasteiger partial charge in [-0.2, -0.15) is 0 Å². The number of carboxylic acid groups (broad SMARTS) is 2. The maximum atomic E-state index is 11.5. The topological polar surface area (TPSA) is 359 Å². The van der Waals surface area contributed by atoms with E-state index in [4.69, 9.17) is 34.9 Å². The number of nitrogens with one attached hydrogen (secondary N) is 4. The molecule has 6 unspecified atom stereocenters. The third-order valence-electron chi connectivity index (χ3n) is 9.95. The molecule has 0 saturated heterocycles. The summed E-state index contributed by atoms with van der Waals surface area (Å²) in [6, 6.07) is -1.67. The number of carbonyl (C=O) groups excluding carboxylic acids is 8. The molecular formula is C56H108ClN5O20. The Morgan fingerprint density at radius 2 is 0.732 bits per heavy atom. The van der Waals surface area contributed by atoms with E-state index >= 15 is 0 Å². The van der Waals surface area contributed by atoms with E-state index in [1.807, 2.05) is 27.7 Å². The van der Waals surface area contributed by atoms with Gasteiger partial charge in [-0.25, -0.2) is 19.2 Å². The van der Waals surface area contributed by atoms with Crippen molar-refractivity contribution in [2.24, 2.45) is 28.4 Å². The Balaban J connectivity index is -0.000000135. The number of carboxylic acids is 2. The molecular weight excluding hydrogens is 1100 g/mol. The van der Waals surface area contributed by atoms with Gasteiger partial charge in [0.15, 0.2) is 0 Å². The zero-order chi connectivity index (χ0) is 66.4. The van der Waals surface area contributed by atoms with Crippen LogP contribution in [-0.4, -0.2) is 151 Å². The van der Waals surface area contributed by atoms with Crippen LogP contribution < -0.4 is 27.0 Å². The van der Waals surface area contributed by atoms with Crippen molar-refractivity contribution < 1.29 is 96.1 Å². The summed E-state index contributed by atoms with van der Waals surface area (Å²) < 4.78 is 38.5. The predicted molar refractivity (Wildman–Crippen MR) is 315 cm³/mol. The first-order valence-corrected chi connectivity index (χ1v) is 26.0. The van der Waals surface area contributed by atoms with Crippen molar-refractivity contribution in [3.05, 3.63) is 0 Å². The molecule has 484 valence electrons. The fourth-order valence-electron chi connectivity index (χ4n) is 4.60. The first-order chi connectivity index (χ1) is 36.2. The van der Waals surface area contributed by atoms with Crippen molar-refractivity contribution in [3.8, 4) is 12.8 Å². The van der Waals surface area contributed by atoms with Crippen LogP contribution >= 0.6 is 12.4 Å². The van der Waals surface area contributed by atoms with Gasteiger partial charge in [-0.3, -0.25) is 28.8 Å². The smallest absolute Gasteiger partial charge is 0.407 e. The molecule has 0 aliphatic heterocycles. The SMILES string of the molecule is C#C.CC(CC(=O)O)NC(=O)OC(C)(C)C.CC(N)CC(=O)O.COC(=O)C(C)(C)C(C)C.COC(=O)C(C)(C)C(C)NC(=O)OC(C)(C)C.COC(=O)C(C)C(C)NC(=O)OC(C)(C)C.COC(=O)CC(C)NC(=O)OC(C)(C)C.Cl. The number of alkyl carbamates (subject to hydrolysis) is 4. The van der Waals surface area contributed by atoms with E-state index in [1.54, 1.807) is 138 Å². The number of methoxy groups -OCH3 is 4. The number of amides is 4. The molecule has 8 N–H and O–H groups in total. The van der Waals surface area contributed by atoms with Gasteiger partial charge in [0, 0.05) is 30.2 Å². The maximum absolute atomic E-state index is 11.5. The van der Waals surface area contributed by atoms with Gasteiger partial charge in [-0.15, -0.1) is 25.3 Å². The molecule has 0 heterocycles. The third kappa shape index (κ3) is 58.4. The van der Waals surface area contributed by atoms with Crippen LogP contribution in [0.3, 0.4) is 0 Å². The second-order valence-electron chi connectivity index (χ2n) is 23.7. The van der Waals surface area contributed by atoms with Crippen LogP contribution in [0.15, 0.2) is 0 Å². The molecule has 26 heteroatoms. The highest BCUT2D eigenvalue weighted by molar-refractivity contribution is 5.85.